The Kier molecular flexibility index (Phi) is 4.40. The van der Waals surface area contributed by atoms with E-state index in [1.54, 1.807) is 52.0 Å². The zero-order chi connectivity index (χ0) is 14.1. The summed E-state index contributed by atoms with van der Waals surface area (Å²) in [7, 11) is -0.0877. The molecular formula is C11H18BrN3O2S. The molecule has 0 aliphatic heterocycles. The van der Waals surface area contributed by atoms with E-state index in [0.717, 1.165) is 0 Å². The van der Waals surface area contributed by atoms with Gasteiger partial charge in [0.25, 0.3) is 0 Å². The van der Waals surface area contributed by atoms with Crippen LogP contribution in [0, 0.1) is 0 Å². The molecule has 7 heteroatoms. The first-order chi connectivity index (χ1) is 8.03. The van der Waals surface area contributed by atoms with Gasteiger partial charge in [0.2, 0.25) is 10.0 Å². The molecule has 0 aliphatic rings. The van der Waals surface area contributed by atoms with Crippen LogP contribution in [0.4, 0.5) is 5.82 Å². The fourth-order valence-electron chi connectivity index (χ4n) is 1.41. The van der Waals surface area contributed by atoms with Gasteiger partial charge in [-0.2, -0.15) is 0 Å². The average Bonchev–Trinajstić information content (AvgIpc) is 2.13. The van der Waals surface area contributed by atoms with E-state index in [0.29, 0.717) is 10.3 Å². The molecule has 0 radical (unpaired) electrons. The summed E-state index contributed by atoms with van der Waals surface area (Å²) in [5.74, 6) is 0.412. The van der Waals surface area contributed by atoms with Crippen LogP contribution in [0.1, 0.15) is 20.8 Å². The predicted molar refractivity (Wildman–Crippen MR) is 76.3 cm³/mol. The number of sulfonamides is 1. The van der Waals surface area contributed by atoms with Gasteiger partial charge < -0.3 is 4.90 Å². The van der Waals surface area contributed by atoms with Crippen LogP contribution in [0.2, 0.25) is 0 Å². The zero-order valence-corrected chi connectivity index (χ0v) is 13.6. The molecule has 18 heavy (non-hydrogen) atoms. The van der Waals surface area contributed by atoms with Gasteiger partial charge in [-0.3, -0.25) is 0 Å². The molecule has 0 bridgehead atoms. The third kappa shape index (κ3) is 3.93. The van der Waals surface area contributed by atoms with Gasteiger partial charge in [0, 0.05) is 30.3 Å². The summed E-state index contributed by atoms with van der Waals surface area (Å²) in [4.78, 5) is 5.97. The van der Waals surface area contributed by atoms with Crippen LogP contribution in [-0.2, 0) is 10.0 Å². The summed E-state index contributed by atoms with van der Waals surface area (Å²) in [5.41, 5.74) is -0.537. The molecule has 1 N–H and O–H groups in total. The van der Waals surface area contributed by atoms with Crippen molar-refractivity contribution in [1.29, 1.82) is 0 Å². The Labute approximate surface area is 117 Å². The van der Waals surface area contributed by atoms with Crippen LogP contribution in [0.15, 0.2) is 21.6 Å². The summed E-state index contributed by atoms with van der Waals surface area (Å²) in [5, 5.41) is 0. The maximum absolute atomic E-state index is 12.3. The lowest BCUT2D eigenvalue weighted by Crippen LogP contribution is -2.41. The van der Waals surface area contributed by atoms with Crippen LogP contribution >= 0.6 is 15.9 Å². The second kappa shape index (κ2) is 5.14. The van der Waals surface area contributed by atoms with E-state index in [2.05, 4.69) is 25.6 Å². The standard InChI is InChI=1S/C11H18BrN3O2S/c1-11(2,3)14-18(16,17)9-6-8(12)7-13-10(9)15(4)5/h6-7,14H,1-5H3. The molecule has 0 atom stereocenters. The molecule has 0 amide bonds. The summed E-state index contributed by atoms with van der Waals surface area (Å²) < 4.78 is 27.9. The Morgan fingerprint density at radius 2 is 1.89 bits per heavy atom. The smallest absolute Gasteiger partial charge is 0.244 e. The lowest BCUT2D eigenvalue weighted by molar-refractivity contribution is 0.491. The number of hydrogen-bond donors (Lipinski definition) is 1. The van der Waals surface area contributed by atoms with Gasteiger partial charge >= 0.3 is 0 Å². The summed E-state index contributed by atoms with van der Waals surface area (Å²) in [6.45, 7) is 5.39. The van der Waals surface area contributed by atoms with Crippen molar-refractivity contribution in [2.45, 2.75) is 31.2 Å². The van der Waals surface area contributed by atoms with Crippen molar-refractivity contribution >= 4 is 31.8 Å². The highest BCUT2D eigenvalue weighted by Crippen LogP contribution is 2.25. The van der Waals surface area contributed by atoms with Crippen LogP contribution < -0.4 is 9.62 Å². The maximum atomic E-state index is 12.3. The number of rotatable bonds is 3. The number of pyridine rings is 1. The minimum absolute atomic E-state index is 0.164. The van der Waals surface area contributed by atoms with E-state index < -0.39 is 15.6 Å². The van der Waals surface area contributed by atoms with Crippen LogP contribution in [-0.4, -0.2) is 33.0 Å². The second-order valence-corrected chi connectivity index (χ2v) is 7.79. The highest BCUT2D eigenvalue weighted by atomic mass is 79.9. The number of halogens is 1. The number of hydrogen-bond acceptors (Lipinski definition) is 4. The third-order valence-corrected chi connectivity index (χ3v) is 4.15. The minimum Gasteiger partial charge on any atom is -0.362 e. The molecular weight excluding hydrogens is 318 g/mol. The number of anilines is 1. The molecule has 102 valence electrons. The van der Waals surface area contributed by atoms with Crippen molar-refractivity contribution in [3.05, 3.63) is 16.7 Å². The van der Waals surface area contributed by atoms with Gasteiger partial charge in [-0.25, -0.2) is 18.1 Å². The molecule has 0 saturated carbocycles. The zero-order valence-electron chi connectivity index (χ0n) is 11.2. The van der Waals surface area contributed by atoms with Gasteiger partial charge in [-0.1, -0.05) is 0 Å². The second-order valence-electron chi connectivity index (χ2n) is 5.23. The molecule has 0 aromatic carbocycles. The molecule has 1 rings (SSSR count). The Hall–Kier alpha value is -0.660. The van der Waals surface area contributed by atoms with Crippen LogP contribution in [0.5, 0.6) is 0 Å². The molecule has 1 heterocycles. The SMILES string of the molecule is CN(C)c1ncc(Br)cc1S(=O)(=O)NC(C)(C)C. The van der Waals surface area contributed by atoms with Crippen molar-refractivity contribution < 1.29 is 8.42 Å². The maximum Gasteiger partial charge on any atom is 0.244 e. The molecule has 0 saturated heterocycles. The van der Waals surface area contributed by atoms with Gasteiger partial charge in [-0.05, 0) is 42.8 Å². The first-order valence-corrected chi connectivity index (χ1v) is 7.67. The Bertz CT molecular complexity index is 536. The van der Waals surface area contributed by atoms with Crippen molar-refractivity contribution in [3.8, 4) is 0 Å². The number of aromatic nitrogens is 1. The van der Waals surface area contributed by atoms with E-state index in [4.69, 9.17) is 0 Å². The fourth-order valence-corrected chi connectivity index (χ4v) is 3.56. The normalized spacial score (nSPS) is 12.6. The molecule has 0 aliphatic carbocycles. The molecule has 1 aromatic heterocycles. The Morgan fingerprint density at radius 1 is 1.33 bits per heavy atom. The van der Waals surface area contributed by atoms with Crippen LogP contribution in [0.3, 0.4) is 0 Å². The van der Waals surface area contributed by atoms with Crippen molar-refractivity contribution in [3.63, 3.8) is 0 Å². The first kappa shape index (κ1) is 15.4. The largest absolute Gasteiger partial charge is 0.362 e. The fraction of sp³-hybridized carbons (Fsp3) is 0.545. The van der Waals surface area contributed by atoms with Gasteiger partial charge in [0.05, 0.1) is 0 Å². The predicted octanol–water partition coefficient (Wildman–Crippen LogP) is 1.99. The highest BCUT2D eigenvalue weighted by molar-refractivity contribution is 9.10. The van der Waals surface area contributed by atoms with E-state index in [9.17, 15) is 8.42 Å². The lowest BCUT2D eigenvalue weighted by Gasteiger charge is -2.23. The van der Waals surface area contributed by atoms with Crippen molar-refractivity contribution in [2.75, 3.05) is 19.0 Å². The first-order valence-electron chi connectivity index (χ1n) is 5.40. The van der Waals surface area contributed by atoms with Gasteiger partial charge in [-0.15, -0.1) is 0 Å². The quantitative estimate of drug-likeness (QED) is 0.917. The number of nitrogens with one attached hydrogen (secondary N) is 1. The van der Waals surface area contributed by atoms with Crippen molar-refractivity contribution in [2.24, 2.45) is 0 Å². The van der Waals surface area contributed by atoms with Crippen molar-refractivity contribution in [1.82, 2.24) is 9.71 Å². The van der Waals surface area contributed by atoms with Crippen LogP contribution in [0.25, 0.3) is 0 Å². The van der Waals surface area contributed by atoms with E-state index in [1.165, 1.54) is 0 Å². The Morgan fingerprint density at radius 3 is 2.33 bits per heavy atom. The average molecular weight is 336 g/mol. The summed E-state index contributed by atoms with van der Waals surface area (Å²) >= 11 is 3.24. The van der Waals surface area contributed by atoms with E-state index in [-0.39, 0.29) is 4.90 Å². The summed E-state index contributed by atoms with van der Waals surface area (Å²) in [6, 6.07) is 1.55. The monoisotopic (exact) mass is 335 g/mol. The third-order valence-electron chi connectivity index (χ3n) is 1.95. The molecule has 0 fully saturated rings. The number of nitrogens with zero attached hydrogens (tertiary/aromatic N) is 2. The topological polar surface area (TPSA) is 62.3 Å². The Balaban J connectivity index is 3.35. The van der Waals surface area contributed by atoms with Gasteiger partial charge in [0.1, 0.15) is 10.7 Å². The molecule has 1 aromatic rings. The summed E-state index contributed by atoms with van der Waals surface area (Å²) in [6.07, 6.45) is 1.57. The highest BCUT2D eigenvalue weighted by Gasteiger charge is 2.26. The molecule has 0 unspecified atom stereocenters. The van der Waals surface area contributed by atoms with E-state index in [1.807, 2.05) is 0 Å². The minimum atomic E-state index is -3.60. The lowest BCUT2D eigenvalue weighted by atomic mass is 10.1. The van der Waals surface area contributed by atoms with Gasteiger partial charge in [0.15, 0.2) is 0 Å². The van der Waals surface area contributed by atoms with E-state index >= 15 is 0 Å². The molecule has 5 nitrogen and oxygen atoms in total. The molecule has 0 spiro atoms.